The van der Waals surface area contributed by atoms with Crippen LogP contribution in [0.3, 0.4) is 0 Å². The average molecular weight is 256 g/mol. The Kier molecular flexibility index (Phi) is 7.28. The van der Waals surface area contributed by atoms with E-state index < -0.39 is 0 Å². The fourth-order valence-electron chi connectivity index (χ4n) is 2.50. The Balaban J connectivity index is 2.38. The van der Waals surface area contributed by atoms with Crippen molar-refractivity contribution in [2.75, 3.05) is 19.7 Å². The third-order valence-corrected chi connectivity index (χ3v) is 3.59. The number of ether oxygens (including phenoxy) is 1. The molecule has 0 aromatic heterocycles. The summed E-state index contributed by atoms with van der Waals surface area (Å²) in [7, 11) is 0. The highest BCUT2D eigenvalue weighted by atomic mass is 16.5. The van der Waals surface area contributed by atoms with Gasteiger partial charge in [-0.25, -0.2) is 0 Å². The molecule has 0 radical (unpaired) electrons. The van der Waals surface area contributed by atoms with E-state index in [2.05, 4.69) is 12.2 Å². The van der Waals surface area contributed by atoms with Gasteiger partial charge in [-0.2, -0.15) is 0 Å². The highest BCUT2D eigenvalue weighted by Gasteiger charge is 2.32. The average Bonchev–Trinajstić information content (AvgIpc) is 2.42. The maximum atomic E-state index is 11.6. The van der Waals surface area contributed by atoms with Crippen LogP contribution in [-0.4, -0.2) is 31.2 Å². The van der Waals surface area contributed by atoms with Crippen LogP contribution < -0.4 is 11.1 Å². The van der Waals surface area contributed by atoms with E-state index in [0.29, 0.717) is 19.5 Å². The maximum Gasteiger partial charge on any atom is 0.220 e. The van der Waals surface area contributed by atoms with Crippen LogP contribution in [0, 0.1) is 0 Å². The first-order chi connectivity index (χ1) is 8.72. The highest BCUT2D eigenvalue weighted by molar-refractivity contribution is 5.75. The lowest BCUT2D eigenvalue weighted by Crippen LogP contribution is -2.46. The molecule has 0 aromatic rings. The number of amides is 1. The molecule has 3 N–H and O–H groups in total. The van der Waals surface area contributed by atoms with Crippen LogP contribution >= 0.6 is 0 Å². The first-order valence-electron chi connectivity index (χ1n) is 7.33. The van der Waals surface area contributed by atoms with Gasteiger partial charge in [0.2, 0.25) is 5.91 Å². The van der Waals surface area contributed by atoms with E-state index in [1.807, 2.05) is 0 Å². The lowest BCUT2D eigenvalue weighted by Gasteiger charge is -2.37. The zero-order valence-corrected chi connectivity index (χ0v) is 11.7. The van der Waals surface area contributed by atoms with Crippen LogP contribution in [0.25, 0.3) is 0 Å². The second-order valence-electron chi connectivity index (χ2n) is 5.26. The summed E-state index contributed by atoms with van der Waals surface area (Å²) in [5.74, 6) is 0.102. The zero-order valence-electron chi connectivity index (χ0n) is 11.7. The van der Waals surface area contributed by atoms with Gasteiger partial charge in [-0.1, -0.05) is 26.2 Å². The van der Waals surface area contributed by atoms with Crippen molar-refractivity contribution < 1.29 is 9.53 Å². The number of carbonyl (C=O) groups excluding carboxylic acids is 1. The first-order valence-corrected chi connectivity index (χ1v) is 7.33. The number of nitrogens with one attached hydrogen (secondary N) is 1. The molecule has 0 heterocycles. The molecule has 1 aliphatic rings. The van der Waals surface area contributed by atoms with E-state index in [1.54, 1.807) is 0 Å². The molecule has 106 valence electrons. The van der Waals surface area contributed by atoms with Gasteiger partial charge in [0, 0.05) is 19.6 Å². The molecule has 4 heteroatoms. The van der Waals surface area contributed by atoms with Gasteiger partial charge in [0.15, 0.2) is 0 Å². The van der Waals surface area contributed by atoms with Crippen LogP contribution in [0.15, 0.2) is 0 Å². The van der Waals surface area contributed by atoms with E-state index in [1.165, 1.54) is 19.3 Å². The zero-order chi connectivity index (χ0) is 13.3. The quantitative estimate of drug-likeness (QED) is 0.698. The van der Waals surface area contributed by atoms with E-state index in [9.17, 15) is 4.79 Å². The largest absolute Gasteiger partial charge is 0.373 e. The maximum absolute atomic E-state index is 11.6. The topological polar surface area (TPSA) is 64.3 Å². The van der Waals surface area contributed by atoms with Crippen molar-refractivity contribution in [3.8, 4) is 0 Å². The smallest absolute Gasteiger partial charge is 0.220 e. The third-order valence-electron chi connectivity index (χ3n) is 3.59. The molecule has 1 saturated carbocycles. The summed E-state index contributed by atoms with van der Waals surface area (Å²) in [5.41, 5.74) is 5.30. The van der Waals surface area contributed by atoms with Crippen molar-refractivity contribution in [1.82, 2.24) is 5.32 Å². The molecule has 0 bridgehead atoms. The van der Waals surface area contributed by atoms with Crippen LogP contribution in [-0.2, 0) is 9.53 Å². The van der Waals surface area contributed by atoms with E-state index in [0.717, 1.165) is 32.3 Å². The van der Waals surface area contributed by atoms with Crippen molar-refractivity contribution in [3.63, 3.8) is 0 Å². The molecule has 0 spiro atoms. The summed E-state index contributed by atoms with van der Waals surface area (Å²) in [6, 6.07) is 0. The summed E-state index contributed by atoms with van der Waals surface area (Å²) >= 11 is 0. The number of hydrogen-bond donors (Lipinski definition) is 2. The van der Waals surface area contributed by atoms with Crippen LogP contribution in [0.2, 0.25) is 0 Å². The second kappa shape index (κ2) is 8.48. The van der Waals surface area contributed by atoms with Gasteiger partial charge in [0.1, 0.15) is 0 Å². The summed E-state index contributed by atoms with van der Waals surface area (Å²) < 4.78 is 6.04. The lowest BCUT2D eigenvalue weighted by molar-refractivity contribution is -0.124. The van der Waals surface area contributed by atoms with Crippen molar-refractivity contribution in [2.45, 2.75) is 63.9 Å². The minimum atomic E-state index is -0.105. The molecule has 0 saturated heterocycles. The van der Waals surface area contributed by atoms with Crippen LogP contribution in [0.1, 0.15) is 58.3 Å². The summed E-state index contributed by atoms with van der Waals surface area (Å²) in [5, 5.41) is 3.02. The minimum absolute atomic E-state index is 0.102. The van der Waals surface area contributed by atoms with E-state index >= 15 is 0 Å². The fourth-order valence-corrected chi connectivity index (χ4v) is 2.50. The van der Waals surface area contributed by atoms with Crippen LogP contribution in [0.4, 0.5) is 0 Å². The molecule has 1 fully saturated rings. The van der Waals surface area contributed by atoms with Gasteiger partial charge in [0.05, 0.1) is 5.60 Å². The monoisotopic (exact) mass is 256 g/mol. The number of hydrogen-bond acceptors (Lipinski definition) is 3. The lowest BCUT2D eigenvalue weighted by atomic mass is 9.84. The van der Waals surface area contributed by atoms with Gasteiger partial charge < -0.3 is 15.8 Å². The number of nitrogens with two attached hydrogens (primary N) is 1. The molecule has 0 aromatic carbocycles. The van der Waals surface area contributed by atoms with Gasteiger partial charge in [-0.15, -0.1) is 0 Å². The Bertz CT molecular complexity index is 238. The Hall–Kier alpha value is -0.610. The number of rotatable bonds is 8. The van der Waals surface area contributed by atoms with E-state index in [-0.39, 0.29) is 11.5 Å². The Morgan fingerprint density at radius 2 is 2.06 bits per heavy atom. The van der Waals surface area contributed by atoms with Gasteiger partial charge in [-0.3, -0.25) is 4.79 Å². The van der Waals surface area contributed by atoms with Crippen molar-refractivity contribution in [1.29, 1.82) is 0 Å². The second-order valence-corrected chi connectivity index (χ2v) is 5.26. The van der Waals surface area contributed by atoms with Gasteiger partial charge in [0.25, 0.3) is 0 Å². The summed E-state index contributed by atoms with van der Waals surface area (Å²) in [4.78, 5) is 11.6. The van der Waals surface area contributed by atoms with Crippen molar-refractivity contribution in [3.05, 3.63) is 0 Å². The molecule has 1 rings (SSSR count). The summed E-state index contributed by atoms with van der Waals surface area (Å²) in [6.07, 6.45) is 8.18. The van der Waals surface area contributed by atoms with Crippen molar-refractivity contribution in [2.24, 2.45) is 5.73 Å². The highest BCUT2D eigenvalue weighted by Crippen LogP contribution is 2.31. The molecule has 0 aliphatic heterocycles. The Morgan fingerprint density at radius 1 is 1.33 bits per heavy atom. The van der Waals surface area contributed by atoms with Gasteiger partial charge >= 0.3 is 0 Å². The molecule has 1 amide bonds. The first kappa shape index (κ1) is 15.4. The molecular formula is C14H28N2O2. The molecule has 4 nitrogen and oxygen atoms in total. The predicted molar refractivity (Wildman–Crippen MR) is 73.4 cm³/mol. The minimum Gasteiger partial charge on any atom is -0.373 e. The number of carbonyl (C=O) groups is 1. The Morgan fingerprint density at radius 3 is 2.67 bits per heavy atom. The third kappa shape index (κ3) is 5.36. The SMILES string of the molecule is CCCOC1(CNC(=O)CCCN)CCCCC1. The summed E-state index contributed by atoms with van der Waals surface area (Å²) in [6.45, 7) is 4.15. The molecule has 18 heavy (non-hydrogen) atoms. The molecule has 0 atom stereocenters. The molecule has 0 unspecified atom stereocenters. The fraction of sp³-hybridized carbons (Fsp3) is 0.929. The molecule has 1 aliphatic carbocycles. The normalized spacial score (nSPS) is 18.6. The predicted octanol–water partition coefficient (Wildman–Crippen LogP) is 1.97. The standard InChI is InChI=1S/C14H28N2O2/c1-2-11-18-14(8-4-3-5-9-14)12-16-13(17)7-6-10-15/h2-12,15H2,1H3,(H,16,17). The molecular weight excluding hydrogens is 228 g/mol. The Labute approximate surface area is 111 Å². The van der Waals surface area contributed by atoms with Gasteiger partial charge in [-0.05, 0) is 32.2 Å². The van der Waals surface area contributed by atoms with Crippen LogP contribution in [0.5, 0.6) is 0 Å². The van der Waals surface area contributed by atoms with Crippen molar-refractivity contribution >= 4 is 5.91 Å². The van der Waals surface area contributed by atoms with E-state index in [4.69, 9.17) is 10.5 Å².